The summed E-state index contributed by atoms with van der Waals surface area (Å²) in [6, 6.07) is 10.3. The van der Waals surface area contributed by atoms with Gasteiger partial charge in [-0.3, -0.25) is 0 Å². The van der Waals surface area contributed by atoms with Crippen LogP contribution in [0.4, 0.5) is 0 Å². The maximum Gasteiger partial charge on any atom is 0.00567 e. The fourth-order valence-electron chi connectivity index (χ4n) is 3.18. The van der Waals surface area contributed by atoms with Gasteiger partial charge in [0.25, 0.3) is 0 Å². The van der Waals surface area contributed by atoms with Crippen molar-refractivity contribution in [2.75, 3.05) is 0 Å². The van der Waals surface area contributed by atoms with E-state index in [0.29, 0.717) is 0 Å². The molecule has 152 valence electrons. The lowest BCUT2D eigenvalue weighted by molar-refractivity contribution is 0.661. The highest BCUT2D eigenvalue weighted by atomic mass is 14.2. The SMILES string of the molecule is C=CCCC=CC=CC=CC1=CC(C=C)C(C=CC=Cc2ccccc2)C=C1C=C. The van der Waals surface area contributed by atoms with E-state index >= 15 is 0 Å². The van der Waals surface area contributed by atoms with Crippen LogP contribution in [0, 0.1) is 11.8 Å². The second-order valence-electron chi connectivity index (χ2n) is 7.03. The highest BCUT2D eigenvalue weighted by Gasteiger charge is 2.18. The van der Waals surface area contributed by atoms with Gasteiger partial charge in [-0.1, -0.05) is 128 Å². The van der Waals surface area contributed by atoms with Crippen LogP contribution in [-0.2, 0) is 0 Å². The monoisotopic (exact) mass is 392 g/mol. The van der Waals surface area contributed by atoms with Gasteiger partial charge in [-0.2, -0.15) is 0 Å². The molecular formula is C30H32. The predicted molar refractivity (Wildman–Crippen MR) is 135 cm³/mol. The van der Waals surface area contributed by atoms with Gasteiger partial charge in [0.15, 0.2) is 0 Å². The Morgan fingerprint density at radius 3 is 2.17 bits per heavy atom. The van der Waals surface area contributed by atoms with Crippen molar-refractivity contribution in [2.24, 2.45) is 11.8 Å². The minimum Gasteiger partial charge on any atom is -0.103 e. The minimum absolute atomic E-state index is 0.262. The van der Waals surface area contributed by atoms with E-state index < -0.39 is 0 Å². The minimum atomic E-state index is 0.262. The van der Waals surface area contributed by atoms with E-state index in [1.54, 1.807) is 0 Å². The predicted octanol–water partition coefficient (Wildman–Crippen LogP) is 8.36. The molecule has 0 saturated heterocycles. The van der Waals surface area contributed by atoms with Crippen molar-refractivity contribution in [1.29, 1.82) is 0 Å². The lowest BCUT2D eigenvalue weighted by Gasteiger charge is -2.23. The van der Waals surface area contributed by atoms with Gasteiger partial charge >= 0.3 is 0 Å². The first-order chi connectivity index (χ1) is 14.8. The summed E-state index contributed by atoms with van der Waals surface area (Å²) in [5.74, 6) is 0.536. The van der Waals surface area contributed by atoms with Crippen LogP contribution in [0.1, 0.15) is 18.4 Å². The van der Waals surface area contributed by atoms with Gasteiger partial charge in [0, 0.05) is 11.8 Å². The van der Waals surface area contributed by atoms with E-state index in [-0.39, 0.29) is 11.8 Å². The zero-order valence-corrected chi connectivity index (χ0v) is 17.7. The Bertz CT molecular complexity index is 895. The molecule has 0 fully saturated rings. The van der Waals surface area contributed by atoms with E-state index in [2.05, 4.69) is 105 Å². The zero-order chi connectivity index (χ0) is 21.4. The highest BCUT2D eigenvalue weighted by molar-refractivity contribution is 5.52. The van der Waals surface area contributed by atoms with Crippen molar-refractivity contribution in [1.82, 2.24) is 0 Å². The number of hydrogen-bond acceptors (Lipinski definition) is 0. The molecule has 2 atom stereocenters. The van der Waals surface area contributed by atoms with Gasteiger partial charge in [0.1, 0.15) is 0 Å². The lowest BCUT2D eigenvalue weighted by Crippen LogP contribution is -2.11. The summed E-state index contributed by atoms with van der Waals surface area (Å²) in [5.41, 5.74) is 3.53. The topological polar surface area (TPSA) is 0 Å². The molecule has 0 radical (unpaired) electrons. The normalized spacial score (nSPS) is 19.7. The second kappa shape index (κ2) is 13.7. The number of benzene rings is 1. The molecule has 0 bridgehead atoms. The van der Waals surface area contributed by atoms with Crippen LogP contribution in [-0.4, -0.2) is 0 Å². The Balaban J connectivity index is 2.02. The number of rotatable bonds is 11. The molecule has 1 aromatic carbocycles. The molecule has 2 unspecified atom stereocenters. The summed E-state index contributed by atoms with van der Waals surface area (Å²) < 4.78 is 0. The Labute approximate surface area is 182 Å². The first-order valence-electron chi connectivity index (χ1n) is 10.5. The summed E-state index contributed by atoms with van der Waals surface area (Å²) in [5, 5.41) is 0. The summed E-state index contributed by atoms with van der Waals surface area (Å²) >= 11 is 0. The van der Waals surface area contributed by atoms with E-state index in [4.69, 9.17) is 0 Å². The molecule has 1 aliphatic rings. The average Bonchev–Trinajstić information content (AvgIpc) is 2.79. The van der Waals surface area contributed by atoms with E-state index in [1.807, 2.05) is 36.4 Å². The Kier molecular flexibility index (Phi) is 10.5. The maximum atomic E-state index is 4.04. The second-order valence-corrected chi connectivity index (χ2v) is 7.03. The van der Waals surface area contributed by atoms with Gasteiger partial charge in [0.2, 0.25) is 0 Å². The quantitative estimate of drug-likeness (QED) is 0.202. The third-order valence-electron chi connectivity index (χ3n) is 4.83. The van der Waals surface area contributed by atoms with Crippen LogP contribution in [0.5, 0.6) is 0 Å². The van der Waals surface area contributed by atoms with Gasteiger partial charge in [-0.25, -0.2) is 0 Å². The lowest BCUT2D eigenvalue weighted by atomic mass is 9.81. The summed E-state index contributed by atoms with van der Waals surface area (Å²) in [7, 11) is 0. The molecule has 0 heteroatoms. The molecule has 0 amide bonds. The van der Waals surface area contributed by atoms with Crippen molar-refractivity contribution >= 4 is 6.08 Å². The van der Waals surface area contributed by atoms with Crippen molar-refractivity contribution in [3.05, 3.63) is 152 Å². The van der Waals surface area contributed by atoms with Crippen molar-refractivity contribution in [3.8, 4) is 0 Å². The number of hydrogen-bond donors (Lipinski definition) is 0. The van der Waals surface area contributed by atoms with Gasteiger partial charge in [-0.15, -0.1) is 13.2 Å². The average molecular weight is 393 g/mol. The molecule has 0 spiro atoms. The first kappa shape index (κ1) is 22.9. The van der Waals surface area contributed by atoms with Crippen LogP contribution in [0.3, 0.4) is 0 Å². The molecule has 0 N–H and O–H groups in total. The van der Waals surface area contributed by atoms with Crippen LogP contribution in [0.25, 0.3) is 6.08 Å². The molecule has 0 aliphatic heterocycles. The largest absolute Gasteiger partial charge is 0.103 e. The molecule has 1 aromatic rings. The van der Waals surface area contributed by atoms with Crippen LogP contribution in [0.2, 0.25) is 0 Å². The van der Waals surface area contributed by atoms with Crippen molar-refractivity contribution in [3.63, 3.8) is 0 Å². The van der Waals surface area contributed by atoms with Crippen LogP contribution >= 0.6 is 0 Å². The molecule has 30 heavy (non-hydrogen) atoms. The zero-order valence-electron chi connectivity index (χ0n) is 17.7. The Hall–Kier alpha value is -3.38. The molecule has 0 aromatic heterocycles. The van der Waals surface area contributed by atoms with E-state index in [0.717, 1.165) is 18.4 Å². The van der Waals surface area contributed by atoms with E-state index in [1.165, 1.54) is 11.1 Å². The Morgan fingerprint density at radius 1 is 0.700 bits per heavy atom. The van der Waals surface area contributed by atoms with Crippen LogP contribution in [0.15, 0.2) is 146 Å². The smallest absolute Gasteiger partial charge is 0.00567 e. The molecule has 1 aliphatic carbocycles. The van der Waals surface area contributed by atoms with Gasteiger partial charge < -0.3 is 0 Å². The molecule has 2 rings (SSSR count). The van der Waals surface area contributed by atoms with Crippen molar-refractivity contribution < 1.29 is 0 Å². The standard InChI is InChI=1S/C30H32/c1-4-7-8-9-10-11-12-16-22-29-24-28(6-3)30(25-27(29)5-2)23-18-17-21-26-19-14-13-15-20-26/h4-6,9-25,28,30H,1-3,7-8H2. The Morgan fingerprint density at radius 2 is 1.43 bits per heavy atom. The van der Waals surface area contributed by atoms with Crippen molar-refractivity contribution in [2.45, 2.75) is 12.8 Å². The molecule has 0 heterocycles. The number of unbranched alkanes of at least 4 members (excludes halogenated alkanes) is 1. The van der Waals surface area contributed by atoms with Crippen LogP contribution < -0.4 is 0 Å². The third kappa shape index (κ3) is 7.93. The molecule has 0 saturated carbocycles. The van der Waals surface area contributed by atoms with Gasteiger partial charge in [-0.05, 0) is 29.6 Å². The molecule has 0 nitrogen and oxygen atoms in total. The van der Waals surface area contributed by atoms with Gasteiger partial charge in [0.05, 0.1) is 0 Å². The summed E-state index contributed by atoms with van der Waals surface area (Å²) in [4.78, 5) is 0. The highest BCUT2D eigenvalue weighted by Crippen LogP contribution is 2.31. The molecular weight excluding hydrogens is 360 g/mol. The number of allylic oxidation sites excluding steroid dienone is 16. The fourth-order valence-corrected chi connectivity index (χ4v) is 3.18. The summed E-state index contributed by atoms with van der Waals surface area (Å²) in [6.07, 6.45) is 33.5. The summed E-state index contributed by atoms with van der Waals surface area (Å²) in [6.45, 7) is 11.8. The third-order valence-corrected chi connectivity index (χ3v) is 4.83. The fraction of sp³-hybridized carbons (Fsp3) is 0.133. The maximum absolute atomic E-state index is 4.04. The first-order valence-corrected chi connectivity index (χ1v) is 10.5. The van der Waals surface area contributed by atoms with E-state index in [9.17, 15) is 0 Å².